The summed E-state index contributed by atoms with van der Waals surface area (Å²) in [6.45, 7) is 1.72. The van der Waals surface area contributed by atoms with Gasteiger partial charge in [-0.05, 0) is 42.3 Å². The van der Waals surface area contributed by atoms with Crippen molar-refractivity contribution >= 4 is 15.6 Å². The van der Waals surface area contributed by atoms with Gasteiger partial charge < -0.3 is 5.11 Å². The molecule has 5 heteroatoms. The maximum atomic E-state index is 12.6. The Hall–Kier alpha value is -2.14. The second kappa shape index (κ2) is 4.18. The van der Waals surface area contributed by atoms with Crippen LogP contribution in [-0.2, 0) is 15.6 Å². The van der Waals surface area contributed by atoms with Gasteiger partial charge in [0.1, 0.15) is 5.75 Å². The lowest BCUT2D eigenvalue weighted by molar-refractivity contribution is 0.103. The van der Waals surface area contributed by atoms with Crippen LogP contribution in [0.5, 0.6) is 5.75 Å². The monoisotopic (exact) mass is 288 g/mol. The topological polar surface area (TPSA) is 71.4 Å². The van der Waals surface area contributed by atoms with Gasteiger partial charge in [0.05, 0.1) is 10.6 Å². The number of sulfone groups is 1. The summed E-state index contributed by atoms with van der Waals surface area (Å²) >= 11 is 0. The first kappa shape index (κ1) is 12.9. The van der Waals surface area contributed by atoms with Crippen molar-refractivity contribution < 1.29 is 18.3 Å². The lowest BCUT2D eigenvalue weighted by atomic mass is 9.96. The van der Waals surface area contributed by atoms with Crippen LogP contribution in [0.1, 0.15) is 27.0 Å². The van der Waals surface area contributed by atoms with Crippen LogP contribution in [-0.4, -0.2) is 19.3 Å². The zero-order valence-corrected chi connectivity index (χ0v) is 11.6. The first-order valence-corrected chi connectivity index (χ1v) is 7.74. The van der Waals surface area contributed by atoms with Crippen LogP contribution in [0.2, 0.25) is 0 Å². The molecule has 0 fully saturated rings. The minimum absolute atomic E-state index is 0.0468. The summed E-state index contributed by atoms with van der Waals surface area (Å²) in [5.41, 5.74) is 1.54. The van der Waals surface area contributed by atoms with E-state index in [0.29, 0.717) is 16.7 Å². The molecule has 0 saturated carbocycles. The highest BCUT2D eigenvalue weighted by Crippen LogP contribution is 2.32. The maximum absolute atomic E-state index is 12.6. The van der Waals surface area contributed by atoms with E-state index in [1.54, 1.807) is 19.1 Å². The Morgan fingerprint density at radius 3 is 2.65 bits per heavy atom. The highest BCUT2D eigenvalue weighted by atomic mass is 32.2. The SMILES string of the molecule is Cc1cccc2c1C(=O)c1ccc(O)cc1CS2(=O)=O. The van der Waals surface area contributed by atoms with Gasteiger partial charge in [0, 0.05) is 11.1 Å². The zero-order valence-electron chi connectivity index (χ0n) is 10.8. The molecule has 20 heavy (non-hydrogen) atoms. The van der Waals surface area contributed by atoms with Crippen LogP contribution in [0.4, 0.5) is 0 Å². The van der Waals surface area contributed by atoms with E-state index in [1.165, 1.54) is 24.3 Å². The third-order valence-corrected chi connectivity index (χ3v) is 5.18. The van der Waals surface area contributed by atoms with E-state index in [0.717, 1.165) is 0 Å². The summed E-state index contributed by atoms with van der Waals surface area (Å²) in [5, 5.41) is 9.50. The fourth-order valence-electron chi connectivity index (χ4n) is 2.53. The summed E-state index contributed by atoms with van der Waals surface area (Å²) in [6, 6.07) is 9.02. The van der Waals surface area contributed by atoms with Gasteiger partial charge in [-0.2, -0.15) is 0 Å². The standard InChI is InChI=1S/C15H12O4S/c1-9-3-2-4-13-14(9)15(17)12-6-5-11(16)7-10(12)8-20(13,18)19/h2-7,16H,8H2,1H3. The molecule has 1 aliphatic rings. The number of rotatable bonds is 0. The number of carbonyl (C=O) groups is 1. The molecular weight excluding hydrogens is 276 g/mol. The fraction of sp³-hybridized carbons (Fsp3) is 0.133. The molecule has 0 spiro atoms. The highest BCUT2D eigenvalue weighted by Gasteiger charge is 2.31. The summed E-state index contributed by atoms with van der Waals surface area (Å²) < 4.78 is 24.9. The van der Waals surface area contributed by atoms with E-state index < -0.39 is 9.84 Å². The molecule has 0 atom stereocenters. The molecule has 1 N–H and O–H groups in total. The molecule has 2 aromatic carbocycles. The van der Waals surface area contributed by atoms with Crippen molar-refractivity contribution in [1.82, 2.24) is 0 Å². The Labute approximate surface area is 116 Å². The molecule has 0 radical (unpaired) electrons. The third kappa shape index (κ3) is 1.82. The fourth-order valence-corrected chi connectivity index (χ4v) is 4.18. The lowest BCUT2D eigenvalue weighted by Gasteiger charge is -2.07. The van der Waals surface area contributed by atoms with Crippen LogP contribution in [0.25, 0.3) is 0 Å². The molecule has 0 unspecified atom stereocenters. The number of benzene rings is 2. The Balaban J connectivity index is 2.41. The molecule has 0 aromatic heterocycles. The highest BCUT2D eigenvalue weighted by molar-refractivity contribution is 7.90. The third-order valence-electron chi connectivity index (χ3n) is 3.48. The smallest absolute Gasteiger partial charge is 0.194 e. The normalized spacial score (nSPS) is 16.1. The minimum atomic E-state index is -3.60. The van der Waals surface area contributed by atoms with Gasteiger partial charge >= 0.3 is 0 Å². The van der Waals surface area contributed by atoms with Crippen LogP contribution < -0.4 is 0 Å². The molecule has 1 heterocycles. The maximum Gasteiger partial charge on any atom is 0.194 e. The molecule has 0 saturated heterocycles. The number of ketones is 1. The van der Waals surface area contributed by atoms with Gasteiger partial charge in [-0.3, -0.25) is 4.79 Å². The number of carbonyl (C=O) groups excluding carboxylic acids is 1. The van der Waals surface area contributed by atoms with Crippen LogP contribution in [0, 0.1) is 6.92 Å². The zero-order chi connectivity index (χ0) is 14.5. The average molecular weight is 288 g/mol. The van der Waals surface area contributed by atoms with Crippen LogP contribution in [0.15, 0.2) is 41.3 Å². The van der Waals surface area contributed by atoms with Crippen molar-refractivity contribution in [2.75, 3.05) is 0 Å². The van der Waals surface area contributed by atoms with Crippen molar-refractivity contribution in [1.29, 1.82) is 0 Å². The van der Waals surface area contributed by atoms with Gasteiger partial charge in [-0.15, -0.1) is 0 Å². The van der Waals surface area contributed by atoms with E-state index in [1.807, 2.05) is 0 Å². The Morgan fingerprint density at radius 1 is 1.15 bits per heavy atom. The molecule has 1 aliphatic heterocycles. The number of aryl methyl sites for hydroxylation is 1. The number of hydrogen-bond acceptors (Lipinski definition) is 4. The second-order valence-corrected chi connectivity index (χ2v) is 6.84. The van der Waals surface area contributed by atoms with Crippen molar-refractivity contribution in [3.63, 3.8) is 0 Å². The van der Waals surface area contributed by atoms with Crippen molar-refractivity contribution in [3.05, 3.63) is 58.7 Å². The van der Waals surface area contributed by atoms with Gasteiger partial charge in [0.2, 0.25) is 0 Å². The van der Waals surface area contributed by atoms with Crippen molar-refractivity contribution in [3.8, 4) is 5.75 Å². The van der Waals surface area contributed by atoms with Crippen molar-refractivity contribution in [2.45, 2.75) is 17.6 Å². The number of hydrogen-bond donors (Lipinski definition) is 1. The van der Waals surface area contributed by atoms with E-state index in [2.05, 4.69) is 0 Å². The summed E-state index contributed by atoms with van der Waals surface area (Å²) in [7, 11) is -3.60. The lowest BCUT2D eigenvalue weighted by Crippen LogP contribution is -2.08. The quantitative estimate of drug-likeness (QED) is 0.807. The van der Waals surface area contributed by atoms with Gasteiger partial charge in [0.15, 0.2) is 15.6 Å². The van der Waals surface area contributed by atoms with Crippen molar-refractivity contribution in [2.24, 2.45) is 0 Å². The molecule has 0 bridgehead atoms. The minimum Gasteiger partial charge on any atom is -0.508 e. The molecule has 0 amide bonds. The second-order valence-electron chi connectivity index (χ2n) is 4.88. The number of phenols is 1. The summed E-state index contributed by atoms with van der Waals surface area (Å²) in [5.74, 6) is -0.637. The van der Waals surface area contributed by atoms with Crippen LogP contribution >= 0.6 is 0 Å². The molecule has 3 rings (SSSR count). The Morgan fingerprint density at radius 2 is 1.90 bits per heavy atom. The van der Waals surface area contributed by atoms with Gasteiger partial charge in [-0.25, -0.2) is 8.42 Å². The first-order chi connectivity index (χ1) is 9.40. The van der Waals surface area contributed by atoms with E-state index >= 15 is 0 Å². The summed E-state index contributed by atoms with van der Waals surface area (Å²) in [4.78, 5) is 12.7. The van der Waals surface area contributed by atoms with Crippen LogP contribution in [0.3, 0.4) is 0 Å². The van der Waals surface area contributed by atoms with Gasteiger partial charge in [-0.1, -0.05) is 12.1 Å². The van der Waals surface area contributed by atoms with E-state index in [4.69, 9.17) is 0 Å². The Kier molecular flexibility index (Phi) is 2.69. The number of fused-ring (bicyclic) bond motifs is 2. The largest absolute Gasteiger partial charge is 0.508 e. The first-order valence-electron chi connectivity index (χ1n) is 6.09. The van der Waals surface area contributed by atoms with E-state index in [9.17, 15) is 18.3 Å². The average Bonchev–Trinajstić information content (AvgIpc) is 2.44. The molecule has 102 valence electrons. The predicted molar refractivity (Wildman–Crippen MR) is 73.6 cm³/mol. The molecule has 4 nitrogen and oxygen atoms in total. The van der Waals surface area contributed by atoms with Gasteiger partial charge in [0.25, 0.3) is 0 Å². The predicted octanol–water partition coefficient (Wildman–Crippen LogP) is 2.22. The summed E-state index contributed by atoms with van der Waals surface area (Å²) in [6.07, 6.45) is 0. The number of phenolic OH excluding ortho intramolecular Hbond substituents is 1. The molecular formula is C15H12O4S. The number of aromatic hydroxyl groups is 1. The molecule has 2 aromatic rings. The van der Waals surface area contributed by atoms with E-state index in [-0.39, 0.29) is 27.7 Å². The Bertz CT molecular complexity index is 835. The molecule has 0 aliphatic carbocycles.